The summed E-state index contributed by atoms with van der Waals surface area (Å²) in [6.45, 7) is 8.64. The summed E-state index contributed by atoms with van der Waals surface area (Å²) >= 11 is 6.24. The Labute approximate surface area is 222 Å². The molecule has 1 aliphatic carbocycles. The number of hydrogen-bond donors (Lipinski definition) is 1. The van der Waals surface area contributed by atoms with Crippen LogP contribution in [0.1, 0.15) is 44.6 Å². The summed E-state index contributed by atoms with van der Waals surface area (Å²) in [4.78, 5) is 33.8. The average Bonchev–Trinajstić information content (AvgIpc) is 3.11. The van der Waals surface area contributed by atoms with Crippen molar-refractivity contribution in [3.8, 4) is 11.4 Å². The lowest BCUT2D eigenvalue weighted by molar-refractivity contribution is -0.122. The van der Waals surface area contributed by atoms with Gasteiger partial charge in [0.25, 0.3) is 5.56 Å². The zero-order valence-electron chi connectivity index (χ0n) is 21.6. The standard InChI is InChI=1S/C29H35ClN4O3/c1-19(2)31-27(35)18-34-28(22-5-3-6-24(30)15-22)32-26-8-7-21(16-25(26)29(34)36)23-13-20(14-23)17-33-9-4-11-37-12-10-33/h3,5-8,15-16,19-20,23H,4,9-14,17-18H2,1-2H3,(H,31,35)/t20-,23+. The molecular weight excluding hydrogens is 488 g/mol. The van der Waals surface area contributed by atoms with Crippen molar-refractivity contribution >= 4 is 28.4 Å². The zero-order chi connectivity index (χ0) is 25.9. The Bertz CT molecular complexity index is 1320. The lowest BCUT2D eigenvalue weighted by Crippen LogP contribution is -2.37. The first-order valence-electron chi connectivity index (χ1n) is 13.3. The van der Waals surface area contributed by atoms with Gasteiger partial charge in [-0.1, -0.05) is 29.8 Å². The third-order valence-corrected chi connectivity index (χ3v) is 7.59. The molecular formula is C29H35ClN4O3. The van der Waals surface area contributed by atoms with Crippen molar-refractivity contribution in [2.45, 2.75) is 51.6 Å². The fourth-order valence-electron chi connectivity index (χ4n) is 5.50. The monoisotopic (exact) mass is 522 g/mol. The van der Waals surface area contributed by atoms with Gasteiger partial charge in [0, 0.05) is 42.9 Å². The molecule has 5 rings (SSSR count). The van der Waals surface area contributed by atoms with E-state index < -0.39 is 0 Å². The van der Waals surface area contributed by atoms with Crippen molar-refractivity contribution in [2.75, 3.05) is 32.8 Å². The Balaban J connectivity index is 1.42. The second-order valence-corrected chi connectivity index (χ2v) is 11.1. The molecule has 2 aliphatic rings. The number of nitrogens with zero attached hydrogens (tertiary/aromatic N) is 3. The molecule has 8 heteroatoms. The highest BCUT2D eigenvalue weighted by molar-refractivity contribution is 6.30. The summed E-state index contributed by atoms with van der Waals surface area (Å²) in [7, 11) is 0. The summed E-state index contributed by atoms with van der Waals surface area (Å²) in [5, 5.41) is 3.98. The Morgan fingerprint density at radius 1 is 1.16 bits per heavy atom. The second-order valence-electron chi connectivity index (χ2n) is 10.6. The highest BCUT2D eigenvalue weighted by Gasteiger charge is 2.32. The van der Waals surface area contributed by atoms with Crippen LogP contribution in [0.4, 0.5) is 0 Å². The fraction of sp³-hybridized carbons (Fsp3) is 0.483. The van der Waals surface area contributed by atoms with E-state index in [0.29, 0.717) is 39.1 Å². The van der Waals surface area contributed by atoms with Gasteiger partial charge in [-0.05, 0) is 74.8 Å². The number of rotatable bonds is 7. The molecule has 196 valence electrons. The molecule has 1 N–H and O–H groups in total. The van der Waals surface area contributed by atoms with Crippen molar-refractivity contribution in [3.05, 3.63) is 63.4 Å². The minimum Gasteiger partial charge on any atom is -0.380 e. The number of carbonyl (C=O) groups is 1. The Morgan fingerprint density at radius 3 is 2.78 bits per heavy atom. The fourth-order valence-corrected chi connectivity index (χ4v) is 5.69. The first kappa shape index (κ1) is 25.9. The number of nitrogens with one attached hydrogen (secondary N) is 1. The van der Waals surface area contributed by atoms with E-state index >= 15 is 0 Å². The normalized spacial score (nSPS) is 20.5. The number of carbonyl (C=O) groups excluding carboxylic acids is 1. The van der Waals surface area contributed by atoms with Gasteiger partial charge in [0.15, 0.2) is 0 Å². The van der Waals surface area contributed by atoms with E-state index in [1.165, 1.54) is 10.1 Å². The minimum absolute atomic E-state index is 0.0220. The molecule has 0 radical (unpaired) electrons. The summed E-state index contributed by atoms with van der Waals surface area (Å²) in [5.41, 5.74) is 2.30. The smallest absolute Gasteiger partial charge is 0.262 e. The summed E-state index contributed by atoms with van der Waals surface area (Å²) in [6, 6.07) is 13.2. The van der Waals surface area contributed by atoms with Crippen LogP contribution >= 0.6 is 11.6 Å². The highest BCUT2D eigenvalue weighted by atomic mass is 35.5. The molecule has 37 heavy (non-hydrogen) atoms. The maximum absolute atomic E-state index is 13.8. The number of benzene rings is 2. The van der Waals surface area contributed by atoms with Crippen LogP contribution in [0.15, 0.2) is 47.3 Å². The summed E-state index contributed by atoms with van der Waals surface area (Å²) < 4.78 is 7.06. The van der Waals surface area contributed by atoms with E-state index in [2.05, 4.69) is 16.3 Å². The predicted molar refractivity (Wildman–Crippen MR) is 147 cm³/mol. The number of amides is 1. The molecule has 2 aromatic carbocycles. The first-order valence-corrected chi connectivity index (χ1v) is 13.6. The van der Waals surface area contributed by atoms with E-state index in [0.717, 1.165) is 52.1 Å². The van der Waals surface area contributed by atoms with Crippen LogP contribution in [-0.4, -0.2) is 59.2 Å². The van der Waals surface area contributed by atoms with E-state index in [4.69, 9.17) is 21.3 Å². The molecule has 1 aliphatic heterocycles. The maximum Gasteiger partial charge on any atom is 0.262 e. The van der Waals surface area contributed by atoms with Crippen molar-refractivity contribution in [1.29, 1.82) is 0 Å². The first-order chi connectivity index (χ1) is 17.9. The molecule has 7 nitrogen and oxygen atoms in total. The zero-order valence-corrected chi connectivity index (χ0v) is 22.3. The Hall–Kier alpha value is -2.74. The van der Waals surface area contributed by atoms with Gasteiger partial charge < -0.3 is 15.0 Å². The number of halogens is 1. The molecule has 1 aromatic heterocycles. The van der Waals surface area contributed by atoms with Gasteiger partial charge >= 0.3 is 0 Å². The van der Waals surface area contributed by atoms with Crippen LogP contribution in [0.25, 0.3) is 22.3 Å². The molecule has 0 spiro atoms. The number of hydrogen-bond acceptors (Lipinski definition) is 5. The quantitative estimate of drug-likeness (QED) is 0.496. The van der Waals surface area contributed by atoms with Gasteiger partial charge in [-0.3, -0.25) is 14.2 Å². The van der Waals surface area contributed by atoms with Crippen LogP contribution < -0.4 is 10.9 Å². The average molecular weight is 523 g/mol. The topological polar surface area (TPSA) is 76.5 Å². The number of ether oxygens (including phenoxy) is 1. The number of fused-ring (bicyclic) bond motifs is 1. The molecule has 3 aromatic rings. The SMILES string of the molecule is CC(C)NC(=O)Cn1c(-c2cccc(Cl)c2)nc2ccc([C@H]3C[C@@H](CN4CCCOCC4)C3)cc2c1=O. The molecule has 2 fully saturated rings. The summed E-state index contributed by atoms with van der Waals surface area (Å²) in [5.74, 6) is 1.34. The van der Waals surface area contributed by atoms with Crippen LogP contribution in [0.3, 0.4) is 0 Å². The van der Waals surface area contributed by atoms with Crippen LogP contribution in [0, 0.1) is 5.92 Å². The Kier molecular flexibility index (Phi) is 7.93. The van der Waals surface area contributed by atoms with Gasteiger partial charge in [0.1, 0.15) is 12.4 Å². The maximum atomic E-state index is 13.8. The predicted octanol–water partition coefficient (Wildman–Crippen LogP) is 4.46. The van der Waals surface area contributed by atoms with Crippen LogP contribution in [0.5, 0.6) is 0 Å². The molecule has 2 heterocycles. The van der Waals surface area contributed by atoms with Gasteiger partial charge in [-0.25, -0.2) is 4.98 Å². The van der Waals surface area contributed by atoms with Crippen molar-refractivity contribution in [1.82, 2.24) is 19.8 Å². The third kappa shape index (κ3) is 6.06. The molecule has 0 unspecified atom stereocenters. The molecule has 0 bridgehead atoms. The van der Waals surface area contributed by atoms with Gasteiger partial charge in [-0.2, -0.15) is 0 Å². The van der Waals surface area contributed by atoms with E-state index in [9.17, 15) is 9.59 Å². The molecule has 1 saturated carbocycles. The van der Waals surface area contributed by atoms with Gasteiger partial charge in [0.2, 0.25) is 5.91 Å². The lowest BCUT2D eigenvalue weighted by Gasteiger charge is -2.38. The minimum atomic E-state index is -0.224. The summed E-state index contributed by atoms with van der Waals surface area (Å²) in [6.07, 6.45) is 3.36. The van der Waals surface area contributed by atoms with E-state index in [1.807, 2.05) is 38.1 Å². The van der Waals surface area contributed by atoms with Crippen LogP contribution in [-0.2, 0) is 16.1 Å². The van der Waals surface area contributed by atoms with Crippen molar-refractivity contribution < 1.29 is 9.53 Å². The van der Waals surface area contributed by atoms with Crippen molar-refractivity contribution in [3.63, 3.8) is 0 Å². The van der Waals surface area contributed by atoms with Gasteiger partial charge in [-0.15, -0.1) is 0 Å². The molecule has 1 saturated heterocycles. The second kappa shape index (κ2) is 11.3. The van der Waals surface area contributed by atoms with E-state index in [-0.39, 0.29) is 24.1 Å². The Morgan fingerprint density at radius 2 is 2.00 bits per heavy atom. The lowest BCUT2D eigenvalue weighted by atomic mass is 9.71. The third-order valence-electron chi connectivity index (χ3n) is 7.35. The molecule has 1 amide bonds. The molecule has 0 atom stereocenters. The van der Waals surface area contributed by atoms with Crippen LogP contribution in [0.2, 0.25) is 5.02 Å². The highest BCUT2D eigenvalue weighted by Crippen LogP contribution is 2.42. The van der Waals surface area contributed by atoms with Crippen molar-refractivity contribution in [2.24, 2.45) is 5.92 Å². The number of aromatic nitrogens is 2. The van der Waals surface area contributed by atoms with Gasteiger partial charge in [0.05, 0.1) is 17.5 Å². The largest absolute Gasteiger partial charge is 0.380 e. The van der Waals surface area contributed by atoms with E-state index in [1.54, 1.807) is 12.1 Å².